The Morgan fingerprint density at radius 2 is 1.40 bits per heavy atom. The van der Waals surface area contributed by atoms with Crippen molar-refractivity contribution in [1.29, 1.82) is 0 Å². The molecule has 0 aliphatic rings. The predicted octanol–water partition coefficient (Wildman–Crippen LogP) is 4.06. The fourth-order valence-electron chi connectivity index (χ4n) is 0.595. The van der Waals surface area contributed by atoms with E-state index in [0.29, 0.717) is 22.0 Å². The van der Waals surface area contributed by atoms with Gasteiger partial charge in [0.15, 0.2) is 0 Å². The summed E-state index contributed by atoms with van der Waals surface area (Å²) in [6, 6.07) is 0. The molecule has 0 amide bonds. The van der Waals surface area contributed by atoms with E-state index in [9.17, 15) is 9.59 Å². The monoisotopic (exact) mass is 292 g/mol. The molecule has 15 heavy (non-hydrogen) atoms. The molecule has 8 heteroatoms. The highest BCUT2D eigenvalue weighted by Crippen LogP contribution is 2.21. The summed E-state index contributed by atoms with van der Waals surface area (Å²) in [6.07, 6.45) is 0. The number of halogens is 2. The quantitative estimate of drug-likeness (QED) is 0.728. The zero-order valence-electron chi connectivity index (χ0n) is 8.12. The lowest BCUT2D eigenvalue weighted by Gasteiger charge is -2.22. The highest BCUT2D eigenvalue weighted by atomic mass is 35.7. The molecule has 0 aromatic heterocycles. The molecule has 0 aliphatic carbocycles. The van der Waals surface area contributed by atoms with Crippen LogP contribution in [0.2, 0.25) is 0 Å². The third kappa shape index (κ3) is 8.07. The van der Waals surface area contributed by atoms with E-state index in [-0.39, 0.29) is 13.2 Å². The van der Waals surface area contributed by atoms with Gasteiger partial charge in [-0.05, 0) is 21.4 Å². The lowest BCUT2D eigenvalue weighted by molar-refractivity contribution is 0.0650. The summed E-state index contributed by atoms with van der Waals surface area (Å²) in [7, 11) is 11.3. The highest BCUT2D eigenvalue weighted by Gasteiger charge is 2.22. The van der Waals surface area contributed by atoms with Gasteiger partial charge in [0.1, 0.15) is 13.2 Å². The molecule has 0 rings (SSSR count). The van der Waals surface area contributed by atoms with Crippen LogP contribution in [-0.2, 0) is 9.47 Å². The maximum atomic E-state index is 10.7. The summed E-state index contributed by atoms with van der Waals surface area (Å²) in [5.41, 5.74) is -0.468. The number of ether oxygens (including phenoxy) is 2. The summed E-state index contributed by atoms with van der Waals surface area (Å²) in [6.45, 7) is 3.80. The smallest absolute Gasteiger partial charge is 0.383 e. The zero-order chi connectivity index (χ0) is 11.9. The van der Waals surface area contributed by atoms with Gasteiger partial charge in [-0.1, -0.05) is 13.8 Å². The number of carbonyl (C=O) groups excluding carboxylic acids is 2. The van der Waals surface area contributed by atoms with Crippen molar-refractivity contribution in [3.63, 3.8) is 0 Å². The van der Waals surface area contributed by atoms with E-state index in [1.165, 1.54) is 0 Å². The minimum Gasteiger partial charge on any atom is -0.456 e. The lowest BCUT2D eigenvalue weighted by Crippen LogP contribution is -2.26. The lowest BCUT2D eigenvalue weighted by atomic mass is 9.96. The largest absolute Gasteiger partial charge is 0.456 e. The fourth-order valence-corrected chi connectivity index (χ4v) is 1.07. The Morgan fingerprint density at radius 3 is 1.67 bits per heavy atom. The van der Waals surface area contributed by atoms with Crippen LogP contribution in [0.5, 0.6) is 0 Å². The van der Waals surface area contributed by atoms with Crippen LogP contribution in [0.3, 0.4) is 0 Å². The second kappa shape index (κ2) is 7.49. The van der Waals surface area contributed by atoms with E-state index in [0.717, 1.165) is 0 Å². The Balaban J connectivity index is 3.86. The van der Waals surface area contributed by atoms with Gasteiger partial charge in [0.25, 0.3) is 0 Å². The van der Waals surface area contributed by atoms with Crippen molar-refractivity contribution in [3.05, 3.63) is 0 Å². The first-order chi connectivity index (χ1) is 6.91. The van der Waals surface area contributed by atoms with E-state index in [1.54, 1.807) is 13.8 Å². The van der Waals surface area contributed by atoms with Crippen molar-refractivity contribution in [2.75, 3.05) is 13.2 Å². The first kappa shape index (κ1) is 15.2. The molecule has 0 unspecified atom stereocenters. The molecular weight excluding hydrogens is 283 g/mol. The van der Waals surface area contributed by atoms with Crippen LogP contribution >= 0.6 is 43.3 Å². The molecule has 0 aliphatic heterocycles. The standard InChI is InChI=1S/C7H10Cl2O4S2/c1-7(2,3-12-5(10)14-8)4-13-6(11)15-9/h3-4H2,1-2H3. The maximum absolute atomic E-state index is 10.7. The van der Waals surface area contributed by atoms with Crippen molar-refractivity contribution in [2.45, 2.75) is 13.8 Å². The molecule has 0 atom stereocenters. The molecule has 0 spiro atoms. The minimum absolute atomic E-state index is 0.117. The van der Waals surface area contributed by atoms with Crippen LogP contribution in [-0.4, -0.2) is 23.8 Å². The molecule has 0 saturated carbocycles. The summed E-state index contributed by atoms with van der Waals surface area (Å²) < 4.78 is 9.57. The number of hydrogen-bond donors (Lipinski definition) is 0. The first-order valence-electron chi connectivity index (χ1n) is 3.82. The van der Waals surface area contributed by atoms with E-state index in [2.05, 4.69) is 0 Å². The van der Waals surface area contributed by atoms with Crippen molar-refractivity contribution >= 4 is 53.9 Å². The summed E-state index contributed by atoms with van der Waals surface area (Å²) >= 11 is 0. The third-order valence-corrected chi connectivity index (χ3v) is 2.53. The molecule has 0 radical (unpaired) electrons. The second-order valence-electron chi connectivity index (χ2n) is 3.40. The minimum atomic E-state index is -0.581. The normalized spacial score (nSPS) is 10.9. The van der Waals surface area contributed by atoms with Crippen LogP contribution in [0, 0.1) is 5.41 Å². The van der Waals surface area contributed by atoms with Crippen molar-refractivity contribution in [3.8, 4) is 0 Å². The molecule has 0 bridgehead atoms. The Bertz CT molecular complexity index is 213. The molecule has 0 N–H and O–H groups in total. The Labute approximate surface area is 105 Å². The number of hydrogen-bond acceptors (Lipinski definition) is 6. The first-order valence-corrected chi connectivity index (χ1v) is 7.10. The van der Waals surface area contributed by atoms with Gasteiger partial charge in [-0.3, -0.25) is 0 Å². The molecule has 0 aromatic rings. The molecular formula is C7H10Cl2O4S2. The van der Waals surface area contributed by atoms with E-state index in [4.69, 9.17) is 30.8 Å². The molecule has 88 valence electrons. The van der Waals surface area contributed by atoms with Gasteiger partial charge in [0, 0.05) is 5.41 Å². The van der Waals surface area contributed by atoms with Gasteiger partial charge in [0.2, 0.25) is 0 Å². The Kier molecular flexibility index (Phi) is 7.60. The van der Waals surface area contributed by atoms with Crippen LogP contribution in [0.15, 0.2) is 0 Å². The third-order valence-electron chi connectivity index (χ3n) is 1.29. The average molecular weight is 293 g/mol. The zero-order valence-corrected chi connectivity index (χ0v) is 11.3. The molecule has 0 saturated heterocycles. The number of carbonyl (C=O) groups is 2. The topological polar surface area (TPSA) is 52.6 Å². The van der Waals surface area contributed by atoms with Crippen LogP contribution in [0.1, 0.15) is 13.8 Å². The van der Waals surface area contributed by atoms with E-state index >= 15 is 0 Å². The fraction of sp³-hybridized carbons (Fsp3) is 0.714. The van der Waals surface area contributed by atoms with Crippen molar-refractivity contribution < 1.29 is 19.1 Å². The Morgan fingerprint density at radius 1 is 1.07 bits per heavy atom. The van der Waals surface area contributed by atoms with E-state index < -0.39 is 16.0 Å². The SMILES string of the molecule is CC(C)(COC(=O)SCl)COC(=O)SCl. The van der Waals surface area contributed by atoms with Crippen LogP contribution in [0.25, 0.3) is 0 Å². The summed E-state index contributed by atoms with van der Waals surface area (Å²) in [5.74, 6) is 0. The summed E-state index contributed by atoms with van der Waals surface area (Å²) in [5, 5.41) is -1.16. The van der Waals surface area contributed by atoms with Crippen LogP contribution < -0.4 is 0 Å². The molecule has 4 nitrogen and oxygen atoms in total. The van der Waals surface area contributed by atoms with Crippen molar-refractivity contribution in [2.24, 2.45) is 5.41 Å². The average Bonchev–Trinajstić information content (AvgIpc) is 2.22. The molecule has 0 fully saturated rings. The summed E-state index contributed by atoms with van der Waals surface area (Å²) in [4.78, 5) is 21.5. The van der Waals surface area contributed by atoms with Crippen molar-refractivity contribution in [1.82, 2.24) is 0 Å². The van der Waals surface area contributed by atoms with Gasteiger partial charge < -0.3 is 9.47 Å². The molecule has 0 heterocycles. The second-order valence-corrected chi connectivity index (χ2v) is 5.30. The Hall–Kier alpha value is 0.220. The highest BCUT2D eigenvalue weighted by molar-refractivity contribution is 8.32. The molecule has 0 aromatic carbocycles. The van der Waals surface area contributed by atoms with Crippen LogP contribution in [0.4, 0.5) is 9.59 Å². The van der Waals surface area contributed by atoms with Gasteiger partial charge in [0.05, 0.1) is 22.0 Å². The van der Waals surface area contributed by atoms with Gasteiger partial charge in [-0.25, -0.2) is 9.59 Å². The van der Waals surface area contributed by atoms with Gasteiger partial charge >= 0.3 is 10.6 Å². The van der Waals surface area contributed by atoms with Gasteiger partial charge in [-0.15, -0.1) is 0 Å². The predicted molar refractivity (Wildman–Crippen MR) is 63.4 cm³/mol. The van der Waals surface area contributed by atoms with E-state index in [1.807, 2.05) is 0 Å². The van der Waals surface area contributed by atoms with Gasteiger partial charge in [-0.2, -0.15) is 0 Å². The number of rotatable bonds is 4. The maximum Gasteiger partial charge on any atom is 0.383 e.